The summed E-state index contributed by atoms with van der Waals surface area (Å²) in [4.78, 5) is 65.6. The van der Waals surface area contributed by atoms with Gasteiger partial charge in [0.25, 0.3) is 0 Å². The van der Waals surface area contributed by atoms with E-state index >= 15 is 0 Å². The number of benzene rings is 1. The van der Waals surface area contributed by atoms with Gasteiger partial charge in [-0.2, -0.15) is 0 Å². The van der Waals surface area contributed by atoms with Gasteiger partial charge in [-0.1, -0.05) is 18.2 Å². The van der Waals surface area contributed by atoms with Crippen LogP contribution in [-0.2, 0) is 28.7 Å². The smallest absolute Gasteiger partial charge is 0.408 e. The van der Waals surface area contributed by atoms with Crippen molar-refractivity contribution in [2.75, 3.05) is 13.2 Å². The molecule has 1 fully saturated rings. The second-order valence-corrected chi connectivity index (χ2v) is 10.7. The van der Waals surface area contributed by atoms with E-state index in [9.17, 15) is 24.0 Å². The van der Waals surface area contributed by atoms with Crippen molar-refractivity contribution < 1.29 is 33.4 Å². The second-order valence-electron chi connectivity index (χ2n) is 10.7. The monoisotopic (exact) mass is 546 g/mol. The van der Waals surface area contributed by atoms with Crippen LogP contribution in [0, 0.1) is 13.8 Å². The van der Waals surface area contributed by atoms with Crippen LogP contribution in [-0.4, -0.2) is 65.5 Å². The van der Waals surface area contributed by atoms with Gasteiger partial charge in [0.2, 0.25) is 17.7 Å². The number of esters is 1. The molecule has 216 valence electrons. The Kier molecular flexibility index (Phi) is 11.3. The standard InChI is InChI=1S/C28H42N4O7/c1-7-38-23(34)14-15-30-25(35)24(20-13-8-10-17(2)18(20)3)32(19-11-9-12-19)26(36)21(16-22(29)33)31-27(37)39-28(4,5)6/h8,10,13,19,21,24H,7,9,11-12,14-16H2,1-6H3,(H2,29,33)(H,30,35)(H,31,37). The quantitative estimate of drug-likeness (QED) is 0.340. The molecule has 2 atom stereocenters. The van der Waals surface area contributed by atoms with E-state index < -0.39 is 53.9 Å². The summed E-state index contributed by atoms with van der Waals surface area (Å²) in [5, 5.41) is 5.26. The van der Waals surface area contributed by atoms with Crippen LogP contribution in [0.15, 0.2) is 18.2 Å². The fraction of sp³-hybridized carbons (Fsp3) is 0.607. The van der Waals surface area contributed by atoms with E-state index in [1.54, 1.807) is 39.8 Å². The average Bonchev–Trinajstić information content (AvgIpc) is 2.77. The highest BCUT2D eigenvalue weighted by Gasteiger charge is 2.42. The SMILES string of the molecule is CCOC(=O)CCNC(=O)C(c1cccc(C)c1C)N(C(=O)C(CC(N)=O)NC(=O)OC(C)(C)C)C1CCC1. The Balaban J connectivity index is 2.48. The van der Waals surface area contributed by atoms with E-state index in [-0.39, 0.29) is 25.6 Å². The highest BCUT2D eigenvalue weighted by atomic mass is 16.6. The molecule has 2 rings (SSSR count). The number of aryl methyl sites for hydroxylation is 1. The van der Waals surface area contributed by atoms with Gasteiger partial charge in [-0.3, -0.25) is 19.2 Å². The number of hydrogen-bond donors (Lipinski definition) is 3. The third kappa shape index (κ3) is 9.26. The summed E-state index contributed by atoms with van der Waals surface area (Å²) in [7, 11) is 0. The summed E-state index contributed by atoms with van der Waals surface area (Å²) in [6.07, 6.45) is 0.792. The lowest BCUT2D eigenvalue weighted by Crippen LogP contribution is -2.58. The minimum Gasteiger partial charge on any atom is -0.466 e. The van der Waals surface area contributed by atoms with E-state index in [1.807, 2.05) is 19.9 Å². The molecule has 1 aliphatic rings. The van der Waals surface area contributed by atoms with E-state index in [4.69, 9.17) is 15.2 Å². The Hall–Kier alpha value is -3.63. The summed E-state index contributed by atoms with van der Waals surface area (Å²) < 4.78 is 10.3. The van der Waals surface area contributed by atoms with Crippen LogP contribution in [0.4, 0.5) is 4.79 Å². The molecule has 11 nitrogen and oxygen atoms in total. The number of primary amides is 1. The Labute approximate surface area is 230 Å². The zero-order valence-electron chi connectivity index (χ0n) is 23.8. The number of amides is 4. The normalized spacial score (nSPS) is 14.8. The molecule has 0 bridgehead atoms. The summed E-state index contributed by atoms with van der Waals surface area (Å²) in [6.45, 7) is 10.8. The molecule has 0 heterocycles. The molecular formula is C28H42N4O7. The van der Waals surface area contributed by atoms with Gasteiger partial charge in [0.05, 0.1) is 19.4 Å². The van der Waals surface area contributed by atoms with Gasteiger partial charge in [-0.25, -0.2) is 4.79 Å². The molecule has 11 heteroatoms. The number of ether oxygens (including phenoxy) is 2. The van der Waals surface area contributed by atoms with E-state index in [2.05, 4.69) is 10.6 Å². The van der Waals surface area contributed by atoms with Crippen LogP contribution < -0.4 is 16.4 Å². The molecule has 0 aliphatic heterocycles. The maximum absolute atomic E-state index is 14.1. The number of nitrogens with one attached hydrogen (secondary N) is 2. The largest absolute Gasteiger partial charge is 0.466 e. The van der Waals surface area contributed by atoms with Crippen LogP contribution in [0.2, 0.25) is 0 Å². The Morgan fingerprint density at radius 1 is 1.13 bits per heavy atom. The third-order valence-electron chi connectivity index (χ3n) is 6.52. The maximum atomic E-state index is 14.1. The van der Waals surface area contributed by atoms with Gasteiger partial charge < -0.3 is 30.7 Å². The number of hydrogen-bond acceptors (Lipinski definition) is 7. The van der Waals surface area contributed by atoms with Gasteiger partial charge in [-0.15, -0.1) is 0 Å². The number of carbonyl (C=O) groups excluding carboxylic acids is 5. The molecule has 4 N–H and O–H groups in total. The first-order valence-electron chi connectivity index (χ1n) is 13.3. The lowest BCUT2D eigenvalue weighted by Gasteiger charge is -2.44. The van der Waals surface area contributed by atoms with Crippen LogP contribution in [0.3, 0.4) is 0 Å². The molecule has 0 aromatic heterocycles. The molecule has 0 saturated heterocycles. The highest BCUT2D eigenvalue weighted by Crippen LogP contribution is 2.35. The lowest BCUT2D eigenvalue weighted by atomic mass is 9.86. The van der Waals surface area contributed by atoms with E-state index in [0.29, 0.717) is 18.4 Å². The van der Waals surface area contributed by atoms with Gasteiger partial charge in [-0.05, 0) is 77.5 Å². The van der Waals surface area contributed by atoms with Gasteiger partial charge >= 0.3 is 12.1 Å². The molecule has 1 aliphatic carbocycles. The van der Waals surface area contributed by atoms with Crippen LogP contribution >= 0.6 is 0 Å². The fourth-order valence-electron chi connectivity index (χ4n) is 4.32. The molecule has 1 aromatic rings. The number of nitrogens with two attached hydrogens (primary N) is 1. The van der Waals surface area contributed by atoms with Crippen molar-refractivity contribution in [1.29, 1.82) is 0 Å². The van der Waals surface area contributed by atoms with Crippen LogP contribution in [0.5, 0.6) is 0 Å². The number of alkyl carbamates (subject to hydrolysis) is 1. The summed E-state index contributed by atoms with van der Waals surface area (Å²) in [6, 6.07) is 2.79. The molecule has 1 aromatic carbocycles. The predicted octanol–water partition coefficient (Wildman–Crippen LogP) is 2.56. The first-order chi connectivity index (χ1) is 18.2. The highest BCUT2D eigenvalue weighted by molar-refractivity contribution is 5.95. The first-order valence-corrected chi connectivity index (χ1v) is 13.3. The molecule has 39 heavy (non-hydrogen) atoms. The molecular weight excluding hydrogens is 504 g/mol. The maximum Gasteiger partial charge on any atom is 0.408 e. The van der Waals surface area contributed by atoms with Crippen molar-refractivity contribution in [3.05, 3.63) is 34.9 Å². The zero-order valence-corrected chi connectivity index (χ0v) is 23.8. The Bertz CT molecular complexity index is 1060. The predicted molar refractivity (Wildman–Crippen MR) is 144 cm³/mol. The van der Waals surface area contributed by atoms with Crippen LogP contribution in [0.25, 0.3) is 0 Å². The van der Waals surface area contributed by atoms with Crippen molar-refractivity contribution >= 4 is 29.8 Å². The first kappa shape index (κ1) is 31.6. The van der Waals surface area contributed by atoms with E-state index in [0.717, 1.165) is 17.5 Å². The number of nitrogens with zero attached hydrogens (tertiary/aromatic N) is 1. The lowest BCUT2D eigenvalue weighted by molar-refractivity contribution is -0.148. The molecule has 2 unspecified atom stereocenters. The summed E-state index contributed by atoms with van der Waals surface area (Å²) >= 11 is 0. The molecule has 1 saturated carbocycles. The Morgan fingerprint density at radius 2 is 1.79 bits per heavy atom. The van der Waals surface area contributed by atoms with E-state index in [1.165, 1.54) is 4.90 Å². The molecule has 0 spiro atoms. The second kappa shape index (κ2) is 14.0. The topological polar surface area (TPSA) is 157 Å². The fourth-order valence-corrected chi connectivity index (χ4v) is 4.32. The third-order valence-corrected chi connectivity index (χ3v) is 6.52. The molecule has 4 amide bonds. The zero-order chi connectivity index (χ0) is 29.3. The van der Waals surface area contributed by atoms with Crippen molar-refractivity contribution in [2.45, 2.75) is 97.4 Å². The number of carbonyl (C=O) groups is 5. The minimum absolute atomic E-state index is 0.0204. The van der Waals surface area contributed by atoms with Gasteiger partial charge in [0.15, 0.2) is 0 Å². The summed E-state index contributed by atoms with van der Waals surface area (Å²) in [5.74, 6) is -2.34. The van der Waals surface area contributed by atoms with Gasteiger partial charge in [0.1, 0.15) is 17.7 Å². The molecule has 0 radical (unpaired) electrons. The Morgan fingerprint density at radius 3 is 2.33 bits per heavy atom. The van der Waals surface area contributed by atoms with Crippen LogP contribution in [0.1, 0.15) is 82.5 Å². The number of rotatable bonds is 12. The van der Waals surface area contributed by atoms with Gasteiger partial charge in [0, 0.05) is 12.6 Å². The van der Waals surface area contributed by atoms with Crippen molar-refractivity contribution in [2.24, 2.45) is 5.73 Å². The van der Waals surface area contributed by atoms with Crippen molar-refractivity contribution in [3.63, 3.8) is 0 Å². The minimum atomic E-state index is -1.34. The van der Waals surface area contributed by atoms with Crippen molar-refractivity contribution in [1.82, 2.24) is 15.5 Å². The average molecular weight is 547 g/mol. The summed E-state index contributed by atoms with van der Waals surface area (Å²) in [5.41, 5.74) is 6.97. The van der Waals surface area contributed by atoms with Crippen molar-refractivity contribution in [3.8, 4) is 0 Å².